The molecule has 0 radical (unpaired) electrons. The van der Waals surface area contributed by atoms with E-state index in [9.17, 15) is 22.4 Å². The normalized spacial score (nSPS) is 15.9. The second-order valence-corrected chi connectivity index (χ2v) is 8.61. The molecule has 148 valence electrons. The molecule has 0 saturated carbocycles. The van der Waals surface area contributed by atoms with E-state index in [4.69, 9.17) is 0 Å². The number of rotatable bonds is 6. The van der Waals surface area contributed by atoms with Crippen molar-refractivity contribution in [2.24, 2.45) is 5.92 Å². The van der Waals surface area contributed by atoms with Crippen LogP contribution in [0.5, 0.6) is 0 Å². The number of benzene rings is 2. The van der Waals surface area contributed by atoms with Crippen molar-refractivity contribution < 1.29 is 22.4 Å². The standard InChI is InChI=1S/C20H21FN2O4S/c21-19-4-2-1-3-17(19)13-22-20(25)16-9-11-23(12-10-16)28(26,27)18-7-5-15(14-24)6-8-18/h1-8,14,16H,9-13H2,(H,22,25). The number of halogens is 1. The van der Waals surface area contributed by atoms with Gasteiger partial charge in [0.25, 0.3) is 0 Å². The van der Waals surface area contributed by atoms with E-state index < -0.39 is 10.0 Å². The quantitative estimate of drug-likeness (QED) is 0.749. The van der Waals surface area contributed by atoms with Gasteiger partial charge in [-0.25, -0.2) is 12.8 Å². The lowest BCUT2D eigenvalue weighted by molar-refractivity contribution is -0.126. The average Bonchev–Trinajstić information content (AvgIpc) is 2.73. The van der Waals surface area contributed by atoms with Gasteiger partial charge in [0, 0.05) is 36.7 Å². The van der Waals surface area contributed by atoms with Gasteiger partial charge in [-0.2, -0.15) is 4.31 Å². The molecule has 2 aromatic rings. The molecule has 6 nitrogen and oxygen atoms in total. The minimum Gasteiger partial charge on any atom is -0.352 e. The summed E-state index contributed by atoms with van der Waals surface area (Å²) in [6, 6.07) is 12.0. The molecule has 0 aliphatic carbocycles. The van der Waals surface area contributed by atoms with Gasteiger partial charge < -0.3 is 5.32 Å². The van der Waals surface area contributed by atoms with E-state index in [0.29, 0.717) is 30.3 Å². The molecule has 1 saturated heterocycles. The number of piperidine rings is 1. The summed E-state index contributed by atoms with van der Waals surface area (Å²) < 4.78 is 40.4. The summed E-state index contributed by atoms with van der Waals surface area (Å²) >= 11 is 0. The van der Waals surface area contributed by atoms with E-state index in [1.807, 2.05) is 0 Å². The van der Waals surface area contributed by atoms with Crippen molar-refractivity contribution in [1.29, 1.82) is 0 Å². The fourth-order valence-corrected chi connectivity index (χ4v) is 4.66. The zero-order valence-electron chi connectivity index (χ0n) is 15.2. The first kappa shape index (κ1) is 20.2. The van der Waals surface area contributed by atoms with Crippen LogP contribution >= 0.6 is 0 Å². The van der Waals surface area contributed by atoms with Crippen LogP contribution in [0, 0.1) is 11.7 Å². The number of amides is 1. The number of hydrogen-bond donors (Lipinski definition) is 1. The number of sulfonamides is 1. The molecule has 3 rings (SSSR count). The maximum absolute atomic E-state index is 13.6. The second kappa shape index (κ2) is 8.62. The number of aldehydes is 1. The smallest absolute Gasteiger partial charge is 0.243 e. The van der Waals surface area contributed by atoms with E-state index in [-0.39, 0.29) is 42.2 Å². The van der Waals surface area contributed by atoms with E-state index in [1.54, 1.807) is 18.2 Å². The van der Waals surface area contributed by atoms with Crippen LogP contribution < -0.4 is 5.32 Å². The largest absolute Gasteiger partial charge is 0.352 e. The van der Waals surface area contributed by atoms with Crippen molar-refractivity contribution in [1.82, 2.24) is 9.62 Å². The van der Waals surface area contributed by atoms with Crippen LogP contribution in [0.25, 0.3) is 0 Å². The zero-order chi connectivity index (χ0) is 20.1. The summed E-state index contributed by atoms with van der Waals surface area (Å²) in [5.74, 6) is -0.879. The van der Waals surface area contributed by atoms with Crippen LogP contribution in [0.1, 0.15) is 28.8 Å². The van der Waals surface area contributed by atoms with E-state index in [2.05, 4.69) is 5.32 Å². The first-order valence-electron chi connectivity index (χ1n) is 8.98. The van der Waals surface area contributed by atoms with Crippen molar-refractivity contribution in [3.05, 3.63) is 65.5 Å². The molecule has 1 amide bonds. The van der Waals surface area contributed by atoms with Gasteiger partial charge in [-0.1, -0.05) is 30.3 Å². The molecule has 0 aromatic heterocycles. The monoisotopic (exact) mass is 404 g/mol. The van der Waals surface area contributed by atoms with Crippen LogP contribution in [-0.2, 0) is 21.4 Å². The SMILES string of the molecule is O=Cc1ccc(S(=O)(=O)N2CCC(C(=O)NCc3ccccc3F)CC2)cc1. The lowest BCUT2D eigenvalue weighted by atomic mass is 9.97. The Morgan fingerprint density at radius 2 is 1.75 bits per heavy atom. The van der Waals surface area contributed by atoms with E-state index in [0.717, 1.165) is 0 Å². The van der Waals surface area contributed by atoms with Crippen LogP contribution in [-0.4, -0.2) is 38.0 Å². The highest BCUT2D eigenvalue weighted by molar-refractivity contribution is 7.89. The van der Waals surface area contributed by atoms with Crippen molar-refractivity contribution in [2.45, 2.75) is 24.3 Å². The molecule has 0 bridgehead atoms. The van der Waals surface area contributed by atoms with Crippen molar-refractivity contribution >= 4 is 22.2 Å². The summed E-state index contributed by atoms with van der Waals surface area (Å²) in [7, 11) is -3.66. The zero-order valence-corrected chi connectivity index (χ0v) is 16.0. The van der Waals surface area contributed by atoms with E-state index >= 15 is 0 Å². The average molecular weight is 404 g/mol. The molecule has 1 aliphatic heterocycles. The Kier molecular flexibility index (Phi) is 6.21. The Hall–Kier alpha value is -2.58. The lowest BCUT2D eigenvalue weighted by Gasteiger charge is -2.30. The summed E-state index contributed by atoms with van der Waals surface area (Å²) in [6.07, 6.45) is 1.45. The fraction of sp³-hybridized carbons (Fsp3) is 0.300. The molecular weight excluding hydrogens is 383 g/mol. The van der Waals surface area contributed by atoms with Gasteiger partial charge in [0.2, 0.25) is 15.9 Å². The Labute approximate surface area is 163 Å². The topological polar surface area (TPSA) is 83.6 Å². The van der Waals surface area contributed by atoms with Crippen LogP contribution in [0.15, 0.2) is 53.4 Å². The van der Waals surface area contributed by atoms with Gasteiger partial charge in [-0.15, -0.1) is 0 Å². The second-order valence-electron chi connectivity index (χ2n) is 6.67. The molecule has 1 aliphatic rings. The van der Waals surface area contributed by atoms with Crippen LogP contribution in [0.4, 0.5) is 4.39 Å². The van der Waals surface area contributed by atoms with Gasteiger partial charge in [-0.05, 0) is 31.0 Å². The Balaban J connectivity index is 1.56. The summed E-state index contributed by atoms with van der Waals surface area (Å²) in [6.45, 7) is 0.568. The number of nitrogens with one attached hydrogen (secondary N) is 1. The summed E-state index contributed by atoms with van der Waals surface area (Å²) in [5.41, 5.74) is 0.818. The number of carbonyl (C=O) groups is 2. The molecule has 0 atom stereocenters. The van der Waals surface area contributed by atoms with Crippen molar-refractivity contribution in [2.75, 3.05) is 13.1 Å². The number of carbonyl (C=O) groups excluding carboxylic acids is 2. The summed E-state index contributed by atoms with van der Waals surface area (Å²) in [4.78, 5) is 23.2. The summed E-state index contributed by atoms with van der Waals surface area (Å²) in [5, 5.41) is 2.73. The van der Waals surface area contributed by atoms with Gasteiger partial charge in [0.15, 0.2) is 0 Å². The predicted octanol–water partition coefficient (Wildman–Crippen LogP) is 2.36. The highest BCUT2D eigenvalue weighted by atomic mass is 32.2. The van der Waals surface area contributed by atoms with Gasteiger partial charge in [0.1, 0.15) is 12.1 Å². The van der Waals surface area contributed by atoms with Gasteiger partial charge in [0.05, 0.1) is 4.90 Å². The first-order valence-corrected chi connectivity index (χ1v) is 10.4. The third kappa shape index (κ3) is 4.45. The van der Waals surface area contributed by atoms with E-state index in [1.165, 1.54) is 34.6 Å². The van der Waals surface area contributed by atoms with Gasteiger partial charge in [-0.3, -0.25) is 9.59 Å². The molecular formula is C20H21FN2O4S. The molecule has 1 N–H and O–H groups in total. The molecule has 8 heteroatoms. The predicted molar refractivity (Wildman–Crippen MR) is 102 cm³/mol. The molecule has 0 unspecified atom stereocenters. The van der Waals surface area contributed by atoms with Crippen LogP contribution in [0.3, 0.4) is 0 Å². The Morgan fingerprint density at radius 3 is 2.36 bits per heavy atom. The van der Waals surface area contributed by atoms with Gasteiger partial charge >= 0.3 is 0 Å². The fourth-order valence-electron chi connectivity index (χ4n) is 3.19. The molecule has 2 aromatic carbocycles. The molecule has 28 heavy (non-hydrogen) atoms. The maximum atomic E-state index is 13.6. The maximum Gasteiger partial charge on any atom is 0.243 e. The highest BCUT2D eigenvalue weighted by Crippen LogP contribution is 2.24. The highest BCUT2D eigenvalue weighted by Gasteiger charge is 2.32. The molecule has 0 spiro atoms. The molecule has 1 fully saturated rings. The number of nitrogens with zero attached hydrogens (tertiary/aromatic N) is 1. The minimum atomic E-state index is -3.66. The Bertz CT molecular complexity index is 952. The van der Waals surface area contributed by atoms with Crippen LogP contribution in [0.2, 0.25) is 0 Å². The third-order valence-corrected chi connectivity index (χ3v) is 6.80. The van der Waals surface area contributed by atoms with Crippen molar-refractivity contribution in [3.63, 3.8) is 0 Å². The van der Waals surface area contributed by atoms with Crippen molar-refractivity contribution in [3.8, 4) is 0 Å². The lowest BCUT2D eigenvalue weighted by Crippen LogP contribution is -2.42. The first-order chi connectivity index (χ1) is 13.4. The minimum absolute atomic E-state index is 0.104. The third-order valence-electron chi connectivity index (χ3n) is 4.89. The number of hydrogen-bond acceptors (Lipinski definition) is 4. The Morgan fingerprint density at radius 1 is 1.11 bits per heavy atom. The molecule has 1 heterocycles.